The molecule has 2 N–H and O–H groups in total. The predicted octanol–water partition coefficient (Wildman–Crippen LogP) is 2.54. The number of carbonyl (C=O) groups is 1. The summed E-state index contributed by atoms with van der Waals surface area (Å²) in [5, 5.41) is 2.21. The molecule has 28 heavy (non-hydrogen) atoms. The van der Waals surface area contributed by atoms with E-state index in [1.807, 2.05) is 4.98 Å². The second kappa shape index (κ2) is 8.11. The first-order valence-corrected chi connectivity index (χ1v) is 8.44. The van der Waals surface area contributed by atoms with Crippen LogP contribution in [0, 0.1) is 5.82 Å². The van der Waals surface area contributed by atoms with Gasteiger partial charge in [0.25, 0.3) is 5.56 Å². The quantitative estimate of drug-likeness (QED) is 0.775. The van der Waals surface area contributed by atoms with Gasteiger partial charge in [0.05, 0.1) is 18.8 Å². The van der Waals surface area contributed by atoms with Gasteiger partial charge in [0.15, 0.2) is 0 Å². The van der Waals surface area contributed by atoms with Crippen molar-refractivity contribution in [1.82, 2.24) is 9.88 Å². The molecule has 1 unspecified atom stereocenters. The van der Waals surface area contributed by atoms with Gasteiger partial charge in [-0.15, -0.1) is 0 Å². The number of hydrogen-bond donors (Lipinski definition) is 2. The van der Waals surface area contributed by atoms with Crippen molar-refractivity contribution in [2.45, 2.75) is 12.2 Å². The van der Waals surface area contributed by atoms with Crippen LogP contribution in [0.3, 0.4) is 0 Å². The number of carbonyl (C=O) groups excluding carboxylic acids is 1. The summed E-state index contributed by atoms with van der Waals surface area (Å²) in [5.41, 5.74) is -2.51. The maximum Gasteiger partial charge on any atom is 0.417 e. The molecule has 0 aliphatic carbocycles. The second-order valence-corrected chi connectivity index (χ2v) is 6.19. The molecule has 10 heteroatoms. The highest BCUT2D eigenvalue weighted by molar-refractivity contribution is 5.95. The fraction of sp³-hybridized carbons (Fsp3) is 0.333. The highest BCUT2D eigenvalue weighted by Crippen LogP contribution is 2.30. The molecule has 0 spiro atoms. The fourth-order valence-electron chi connectivity index (χ4n) is 2.98. The zero-order valence-electron chi connectivity index (χ0n) is 14.6. The third kappa shape index (κ3) is 4.39. The number of rotatable bonds is 4. The largest absolute Gasteiger partial charge is 0.417 e. The van der Waals surface area contributed by atoms with Crippen molar-refractivity contribution in [2.75, 3.05) is 31.6 Å². The van der Waals surface area contributed by atoms with Gasteiger partial charge in [-0.05, 0) is 12.1 Å². The number of anilines is 1. The van der Waals surface area contributed by atoms with E-state index in [0.29, 0.717) is 38.6 Å². The standard InChI is InChI=1S/C18H17F4N3O3/c19-13-4-2-1-3-12(13)15(25-5-7-28-8-6-25)17(27)24-14-9-11(18(20,21)22)10-23-16(14)26/h1-4,9-10,15H,5-8H2,(H,23,26)(H,24,27). The van der Waals surface area contributed by atoms with Crippen molar-refractivity contribution in [3.63, 3.8) is 0 Å². The Morgan fingerprint density at radius 1 is 1.21 bits per heavy atom. The molecule has 1 saturated heterocycles. The van der Waals surface area contributed by atoms with E-state index in [4.69, 9.17) is 4.74 Å². The zero-order valence-corrected chi connectivity index (χ0v) is 14.6. The molecular weight excluding hydrogens is 382 g/mol. The number of nitrogens with one attached hydrogen (secondary N) is 2. The lowest BCUT2D eigenvalue weighted by molar-refractivity contribution is -0.137. The van der Waals surface area contributed by atoms with E-state index in [0.717, 1.165) is 0 Å². The van der Waals surface area contributed by atoms with Crippen LogP contribution >= 0.6 is 0 Å². The van der Waals surface area contributed by atoms with Crippen LogP contribution < -0.4 is 10.9 Å². The number of halogens is 4. The molecule has 0 saturated carbocycles. The van der Waals surface area contributed by atoms with Crippen LogP contribution in [0.25, 0.3) is 0 Å². The van der Waals surface area contributed by atoms with Gasteiger partial charge >= 0.3 is 6.18 Å². The van der Waals surface area contributed by atoms with Gasteiger partial charge in [-0.25, -0.2) is 4.39 Å². The van der Waals surface area contributed by atoms with E-state index in [9.17, 15) is 27.2 Å². The van der Waals surface area contributed by atoms with Gasteiger partial charge in [-0.3, -0.25) is 14.5 Å². The van der Waals surface area contributed by atoms with Crippen LogP contribution in [0.15, 0.2) is 41.3 Å². The van der Waals surface area contributed by atoms with Gasteiger partial charge < -0.3 is 15.0 Å². The van der Waals surface area contributed by atoms with Crippen LogP contribution in [0.5, 0.6) is 0 Å². The number of nitrogens with zero attached hydrogens (tertiary/aromatic N) is 1. The van der Waals surface area contributed by atoms with E-state index in [-0.39, 0.29) is 5.56 Å². The van der Waals surface area contributed by atoms with Crippen molar-refractivity contribution < 1.29 is 27.1 Å². The van der Waals surface area contributed by atoms with Gasteiger partial charge in [0.2, 0.25) is 5.91 Å². The van der Waals surface area contributed by atoms with E-state index in [1.165, 1.54) is 18.2 Å². The van der Waals surface area contributed by atoms with E-state index >= 15 is 0 Å². The predicted molar refractivity (Wildman–Crippen MR) is 92.2 cm³/mol. The summed E-state index contributed by atoms with van der Waals surface area (Å²) in [6, 6.07) is 5.05. The molecule has 1 aromatic carbocycles. The molecule has 1 amide bonds. The molecule has 1 fully saturated rings. The minimum atomic E-state index is -4.70. The molecule has 2 heterocycles. The molecule has 150 valence electrons. The Morgan fingerprint density at radius 2 is 1.89 bits per heavy atom. The molecule has 2 aromatic rings. The molecule has 6 nitrogen and oxygen atoms in total. The molecule has 1 aromatic heterocycles. The molecule has 0 bridgehead atoms. The number of morpholine rings is 1. The number of aromatic nitrogens is 1. The monoisotopic (exact) mass is 399 g/mol. The lowest BCUT2D eigenvalue weighted by atomic mass is 10.0. The van der Waals surface area contributed by atoms with Crippen LogP contribution in [0.2, 0.25) is 0 Å². The second-order valence-electron chi connectivity index (χ2n) is 6.19. The normalized spacial score (nSPS) is 16.6. The first-order chi connectivity index (χ1) is 13.3. The van der Waals surface area contributed by atoms with Gasteiger partial charge in [0, 0.05) is 24.8 Å². The minimum Gasteiger partial charge on any atom is -0.379 e. The van der Waals surface area contributed by atoms with Crippen molar-refractivity contribution in [1.29, 1.82) is 0 Å². The summed E-state index contributed by atoms with van der Waals surface area (Å²) in [6.45, 7) is 1.29. The fourth-order valence-corrected chi connectivity index (χ4v) is 2.98. The molecule has 1 aliphatic heterocycles. The van der Waals surface area contributed by atoms with Crippen molar-refractivity contribution >= 4 is 11.6 Å². The number of pyridine rings is 1. The lowest BCUT2D eigenvalue weighted by Gasteiger charge is -2.33. The van der Waals surface area contributed by atoms with Crippen LogP contribution in [0.1, 0.15) is 17.2 Å². The number of hydrogen-bond acceptors (Lipinski definition) is 4. The number of aromatic amines is 1. The smallest absolute Gasteiger partial charge is 0.379 e. The average Bonchev–Trinajstić information content (AvgIpc) is 2.65. The zero-order chi connectivity index (χ0) is 20.3. The molecule has 0 radical (unpaired) electrons. The summed E-state index contributed by atoms with van der Waals surface area (Å²) in [6.07, 6.45) is -4.17. The number of ether oxygens (including phenoxy) is 1. The van der Waals surface area contributed by atoms with Gasteiger partial charge in [-0.2, -0.15) is 13.2 Å². The summed E-state index contributed by atoms with van der Waals surface area (Å²) in [4.78, 5) is 28.4. The van der Waals surface area contributed by atoms with Gasteiger partial charge in [-0.1, -0.05) is 18.2 Å². The average molecular weight is 399 g/mol. The first kappa shape index (κ1) is 20.0. The number of H-pyrrole nitrogens is 1. The summed E-state index contributed by atoms with van der Waals surface area (Å²) in [5.74, 6) is -1.44. The Kier molecular flexibility index (Phi) is 5.80. The maximum absolute atomic E-state index is 14.3. The first-order valence-electron chi connectivity index (χ1n) is 8.44. The third-order valence-corrected chi connectivity index (χ3v) is 4.35. The third-order valence-electron chi connectivity index (χ3n) is 4.35. The Morgan fingerprint density at radius 3 is 2.54 bits per heavy atom. The Balaban J connectivity index is 1.94. The maximum atomic E-state index is 14.3. The Bertz CT molecular complexity index is 907. The molecule has 1 atom stereocenters. The van der Waals surface area contributed by atoms with Crippen molar-refractivity contribution in [3.8, 4) is 0 Å². The lowest BCUT2D eigenvalue weighted by Crippen LogP contribution is -2.44. The highest BCUT2D eigenvalue weighted by atomic mass is 19.4. The molecule has 1 aliphatic rings. The van der Waals surface area contributed by atoms with Crippen LogP contribution in [-0.4, -0.2) is 42.1 Å². The van der Waals surface area contributed by atoms with Crippen molar-refractivity contribution in [3.05, 3.63) is 63.8 Å². The SMILES string of the molecule is O=C(Nc1cc(C(F)(F)F)c[nH]c1=O)C(c1ccccc1F)N1CCOCC1. The molecule has 3 rings (SSSR count). The number of alkyl halides is 3. The molecular formula is C18H17F4N3O3. The Labute approximate surface area is 157 Å². The van der Waals surface area contributed by atoms with Crippen molar-refractivity contribution in [2.24, 2.45) is 0 Å². The highest BCUT2D eigenvalue weighted by Gasteiger charge is 2.34. The summed E-state index contributed by atoms with van der Waals surface area (Å²) >= 11 is 0. The van der Waals surface area contributed by atoms with E-state index in [1.54, 1.807) is 11.0 Å². The van der Waals surface area contributed by atoms with E-state index in [2.05, 4.69) is 5.32 Å². The van der Waals surface area contributed by atoms with Gasteiger partial charge in [0.1, 0.15) is 17.5 Å². The van der Waals surface area contributed by atoms with Crippen LogP contribution in [-0.2, 0) is 15.7 Å². The Hall–Kier alpha value is -2.72. The number of benzene rings is 1. The summed E-state index contributed by atoms with van der Waals surface area (Å²) in [7, 11) is 0. The van der Waals surface area contributed by atoms with Crippen LogP contribution in [0.4, 0.5) is 23.2 Å². The topological polar surface area (TPSA) is 74.4 Å². The number of amides is 1. The summed E-state index contributed by atoms with van der Waals surface area (Å²) < 4.78 is 58.3. The minimum absolute atomic E-state index is 0.0605. The van der Waals surface area contributed by atoms with E-state index < -0.39 is 40.8 Å².